The maximum Gasteiger partial charge on any atom is 0.134 e. The minimum Gasteiger partial charge on any atom is -0.464 e. The van der Waals surface area contributed by atoms with E-state index >= 15 is 0 Å². The summed E-state index contributed by atoms with van der Waals surface area (Å²) in [6.45, 7) is 3.85. The van der Waals surface area contributed by atoms with Gasteiger partial charge in [-0.15, -0.1) is 0 Å². The molecule has 3 heteroatoms. The van der Waals surface area contributed by atoms with Crippen molar-refractivity contribution < 1.29 is 4.42 Å². The Morgan fingerprint density at radius 1 is 1.31 bits per heavy atom. The monoisotopic (exact) mass is 235 g/mol. The summed E-state index contributed by atoms with van der Waals surface area (Å²) in [6.07, 6.45) is 1.67. The largest absolute Gasteiger partial charge is 0.464 e. The molecule has 2 nitrogen and oxygen atoms in total. The highest BCUT2D eigenvalue weighted by Gasteiger charge is 2.07. The maximum absolute atomic E-state index is 6.01. The standard InChI is InChI=1S/C13H14ClNO/c1-2-15-9-10-5-6-11(14)8-12(10)13-4-3-7-16-13/h3-8,15H,2,9H2,1H3. The van der Waals surface area contributed by atoms with Gasteiger partial charge in [0, 0.05) is 17.1 Å². The lowest BCUT2D eigenvalue weighted by Gasteiger charge is -2.08. The van der Waals surface area contributed by atoms with E-state index in [0.717, 1.165) is 29.4 Å². The molecule has 84 valence electrons. The molecular formula is C13H14ClNO. The van der Waals surface area contributed by atoms with E-state index in [1.807, 2.05) is 30.3 Å². The number of hydrogen-bond donors (Lipinski definition) is 1. The minimum absolute atomic E-state index is 0.728. The van der Waals surface area contributed by atoms with Crippen molar-refractivity contribution in [2.75, 3.05) is 6.54 Å². The Morgan fingerprint density at radius 3 is 2.88 bits per heavy atom. The summed E-state index contributed by atoms with van der Waals surface area (Å²) in [4.78, 5) is 0. The number of halogens is 1. The van der Waals surface area contributed by atoms with Gasteiger partial charge < -0.3 is 9.73 Å². The van der Waals surface area contributed by atoms with Crippen molar-refractivity contribution in [3.8, 4) is 11.3 Å². The summed E-state index contributed by atoms with van der Waals surface area (Å²) in [6, 6.07) is 9.70. The second-order valence-corrected chi connectivity index (χ2v) is 4.00. The molecule has 0 aliphatic carbocycles. The van der Waals surface area contributed by atoms with Gasteiger partial charge in [-0.1, -0.05) is 24.6 Å². The van der Waals surface area contributed by atoms with Crippen molar-refractivity contribution in [3.63, 3.8) is 0 Å². The highest BCUT2D eigenvalue weighted by atomic mass is 35.5. The van der Waals surface area contributed by atoms with E-state index in [1.165, 1.54) is 5.56 Å². The van der Waals surface area contributed by atoms with Gasteiger partial charge in [0.25, 0.3) is 0 Å². The van der Waals surface area contributed by atoms with E-state index in [2.05, 4.69) is 12.2 Å². The Kier molecular flexibility index (Phi) is 3.65. The van der Waals surface area contributed by atoms with E-state index in [4.69, 9.17) is 16.0 Å². The van der Waals surface area contributed by atoms with E-state index in [-0.39, 0.29) is 0 Å². The molecule has 16 heavy (non-hydrogen) atoms. The third kappa shape index (κ3) is 2.46. The summed E-state index contributed by atoms with van der Waals surface area (Å²) in [5.74, 6) is 0.857. The molecule has 0 aliphatic heterocycles. The normalized spacial score (nSPS) is 10.6. The Bertz CT molecular complexity index is 451. The number of nitrogens with one attached hydrogen (secondary N) is 1. The first-order chi connectivity index (χ1) is 7.81. The highest BCUT2D eigenvalue weighted by Crippen LogP contribution is 2.27. The van der Waals surface area contributed by atoms with Crippen LogP contribution in [0, 0.1) is 0 Å². The van der Waals surface area contributed by atoms with Crippen molar-refractivity contribution in [1.29, 1.82) is 0 Å². The predicted molar refractivity (Wildman–Crippen MR) is 66.5 cm³/mol. The minimum atomic E-state index is 0.728. The van der Waals surface area contributed by atoms with Gasteiger partial charge in [-0.2, -0.15) is 0 Å². The molecule has 1 aromatic carbocycles. The molecule has 1 aromatic heterocycles. The Morgan fingerprint density at radius 2 is 2.19 bits per heavy atom. The zero-order valence-electron chi connectivity index (χ0n) is 9.16. The van der Waals surface area contributed by atoms with Gasteiger partial charge in [-0.3, -0.25) is 0 Å². The van der Waals surface area contributed by atoms with Crippen molar-refractivity contribution in [1.82, 2.24) is 5.32 Å². The van der Waals surface area contributed by atoms with Crippen LogP contribution < -0.4 is 5.32 Å². The lowest BCUT2D eigenvalue weighted by molar-refractivity contribution is 0.581. The van der Waals surface area contributed by atoms with E-state index in [9.17, 15) is 0 Å². The SMILES string of the molecule is CCNCc1ccc(Cl)cc1-c1ccco1. The topological polar surface area (TPSA) is 25.2 Å². The van der Waals surface area contributed by atoms with Gasteiger partial charge in [0.05, 0.1) is 6.26 Å². The molecule has 0 radical (unpaired) electrons. The predicted octanol–water partition coefficient (Wildman–Crippen LogP) is 3.71. The van der Waals surface area contributed by atoms with Gasteiger partial charge in [-0.25, -0.2) is 0 Å². The Balaban J connectivity index is 2.37. The number of hydrogen-bond acceptors (Lipinski definition) is 2. The second-order valence-electron chi connectivity index (χ2n) is 3.56. The number of benzene rings is 1. The molecule has 0 fully saturated rings. The van der Waals surface area contributed by atoms with Crippen molar-refractivity contribution in [3.05, 3.63) is 47.2 Å². The molecule has 2 rings (SSSR count). The van der Waals surface area contributed by atoms with Crippen LogP contribution in [0.5, 0.6) is 0 Å². The lowest BCUT2D eigenvalue weighted by Crippen LogP contribution is -2.12. The van der Waals surface area contributed by atoms with Crippen LogP contribution in [0.3, 0.4) is 0 Å². The van der Waals surface area contributed by atoms with Crippen LogP contribution in [0.4, 0.5) is 0 Å². The first-order valence-electron chi connectivity index (χ1n) is 5.34. The molecule has 0 saturated carbocycles. The zero-order valence-corrected chi connectivity index (χ0v) is 9.92. The fourth-order valence-electron chi connectivity index (χ4n) is 1.62. The van der Waals surface area contributed by atoms with Crippen molar-refractivity contribution >= 4 is 11.6 Å². The highest BCUT2D eigenvalue weighted by molar-refractivity contribution is 6.30. The van der Waals surface area contributed by atoms with Crippen LogP contribution in [-0.2, 0) is 6.54 Å². The van der Waals surface area contributed by atoms with Crippen LogP contribution in [0.15, 0.2) is 41.0 Å². The van der Waals surface area contributed by atoms with Crippen molar-refractivity contribution in [2.24, 2.45) is 0 Å². The molecule has 0 saturated heterocycles. The van der Waals surface area contributed by atoms with Crippen LogP contribution in [0.1, 0.15) is 12.5 Å². The van der Waals surface area contributed by atoms with Gasteiger partial charge >= 0.3 is 0 Å². The van der Waals surface area contributed by atoms with Crippen LogP contribution >= 0.6 is 11.6 Å². The van der Waals surface area contributed by atoms with E-state index < -0.39 is 0 Å². The van der Waals surface area contributed by atoms with E-state index in [0.29, 0.717) is 0 Å². The van der Waals surface area contributed by atoms with Crippen LogP contribution in [0.2, 0.25) is 5.02 Å². The summed E-state index contributed by atoms with van der Waals surface area (Å²) >= 11 is 6.01. The van der Waals surface area contributed by atoms with Crippen LogP contribution in [-0.4, -0.2) is 6.54 Å². The molecule has 0 unspecified atom stereocenters. The summed E-state index contributed by atoms with van der Waals surface area (Å²) in [5, 5.41) is 4.03. The van der Waals surface area contributed by atoms with Gasteiger partial charge in [0.1, 0.15) is 5.76 Å². The van der Waals surface area contributed by atoms with Gasteiger partial charge in [0.15, 0.2) is 0 Å². The molecule has 0 spiro atoms. The first kappa shape index (κ1) is 11.2. The average Bonchev–Trinajstić information content (AvgIpc) is 2.80. The second kappa shape index (κ2) is 5.19. The fraction of sp³-hybridized carbons (Fsp3) is 0.231. The Labute approximate surface area is 100 Å². The molecule has 0 bridgehead atoms. The zero-order chi connectivity index (χ0) is 11.4. The Hall–Kier alpha value is -1.25. The summed E-state index contributed by atoms with van der Waals surface area (Å²) < 4.78 is 5.41. The smallest absolute Gasteiger partial charge is 0.134 e. The van der Waals surface area contributed by atoms with Gasteiger partial charge in [0.2, 0.25) is 0 Å². The molecule has 2 aromatic rings. The average molecular weight is 236 g/mol. The third-order valence-electron chi connectivity index (χ3n) is 2.42. The number of rotatable bonds is 4. The molecule has 0 aliphatic rings. The maximum atomic E-state index is 6.01. The van der Waals surface area contributed by atoms with Crippen LogP contribution in [0.25, 0.3) is 11.3 Å². The van der Waals surface area contributed by atoms with E-state index in [1.54, 1.807) is 6.26 Å². The van der Waals surface area contributed by atoms with Gasteiger partial charge in [-0.05, 0) is 36.4 Å². The molecule has 1 N–H and O–H groups in total. The lowest BCUT2D eigenvalue weighted by atomic mass is 10.1. The quantitative estimate of drug-likeness (QED) is 0.874. The fourth-order valence-corrected chi connectivity index (χ4v) is 1.80. The van der Waals surface area contributed by atoms with Crippen molar-refractivity contribution in [2.45, 2.75) is 13.5 Å². The molecule has 0 atom stereocenters. The number of furan rings is 1. The summed E-state index contributed by atoms with van der Waals surface area (Å²) in [5.41, 5.74) is 2.25. The third-order valence-corrected chi connectivity index (χ3v) is 2.66. The molecular weight excluding hydrogens is 222 g/mol. The first-order valence-corrected chi connectivity index (χ1v) is 5.72. The molecule has 1 heterocycles. The summed E-state index contributed by atoms with van der Waals surface area (Å²) in [7, 11) is 0. The molecule has 0 amide bonds.